The first-order chi connectivity index (χ1) is 15.9. The molecule has 2 aromatic carbocycles. The summed E-state index contributed by atoms with van der Waals surface area (Å²) in [5.74, 6) is 0.286. The number of halogens is 1. The van der Waals surface area contributed by atoms with E-state index in [0.717, 1.165) is 11.4 Å². The van der Waals surface area contributed by atoms with Crippen molar-refractivity contribution in [2.45, 2.75) is 26.9 Å². The lowest BCUT2D eigenvalue weighted by atomic mass is 10.1. The lowest BCUT2D eigenvalue weighted by Crippen LogP contribution is -2.13. The van der Waals surface area contributed by atoms with E-state index in [-0.39, 0.29) is 18.0 Å². The van der Waals surface area contributed by atoms with Gasteiger partial charge in [-0.15, -0.1) is 10.2 Å². The van der Waals surface area contributed by atoms with E-state index in [2.05, 4.69) is 29.4 Å². The number of methoxy groups -OCH3 is 1. The van der Waals surface area contributed by atoms with Gasteiger partial charge in [-0.3, -0.25) is 10.1 Å². The highest BCUT2D eigenvalue weighted by Crippen LogP contribution is 2.30. The van der Waals surface area contributed by atoms with E-state index in [1.807, 2.05) is 6.07 Å². The summed E-state index contributed by atoms with van der Waals surface area (Å²) in [6.07, 6.45) is 2.20. The van der Waals surface area contributed by atoms with Crippen molar-refractivity contribution < 1.29 is 18.7 Å². The van der Waals surface area contributed by atoms with Gasteiger partial charge in [0.1, 0.15) is 29.1 Å². The van der Waals surface area contributed by atoms with Crippen LogP contribution in [0, 0.1) is 23.1 Å². The third-order valence-corrected chi connectivity index (χ3v) is 5.34. The summed E-state index contributed by atoms with van der Waals surface area (Å²) < 4.78 is 24.9. The summed E-state index contributed by atoms with van der Waals surface area (Å²) in [6, 6.07) is 13.2. The molecule has 0 atom stereocenters. The molecule has 0 aliphatic rings. The van der Waals surface area contributed by atoms with Gasteiger partial charge in [-0.05, 0) is 35.8 Å². The molecule has 1 amide bonds. The largest absolute Gasteiger partial charge is 0.493 e. The molecule has 0 radical (unpaired) electrons. The molecule has 9 heteroatoms. The average molecular weight is 467 g/mol. The van der Waals surface area contributed by atoms with Crippen LogP contribution in [0.25, 0.3) is 6.08 Å². The maximum Gasteiger partial charge on any atom is 0.268 e. The third kappa shape index (κ3) is 6.60. The lowest BCUT2D eigenvalue weighted by Gasteiger charge is -2.12. The molecule has 33 heavy (non-hydrogen) atoms. The van der Waals surface area contributed by atoms with Crippen LogP contribution in [0.2, 0.25) is 0 Å². The van der Waals surface area contributed by atoms with E-state index in [9.17, 15) is 14.4 Å². The van der Waals surface area contributed by atoms with Crippen molar-refractivity contribution in [1.82, 2.24) is 10.2 Å². The number of hydrogen-bond acceptors (Lipinski definition) is 7. The minimum absolute atomic E-state index is 0.0325. The molecule has 0 saturated carbocycles. The molecule has 0 saturated heterocycles. The number of carbonyl (C=O) groups is 1. The summed E-state index contributed by atoms with van der Waals surface area (Å²) in [6.45, 7) is 4.17. The van der Waals surface area contributed by atoms with Gasteiger partial charge in [0.2, 0.25) is 5.13 Å². The summed E-state index contributed by atoms with van der Waals surface area (Å²) >= 11 is 1.28. The van der Waals surface area contributed by atoms with Crippen molar-refractivity contribution in [3.8, 4) is 17.6 Å². The highest BCUT2D eigenvalue weighted by Gasteiger charge is 2.14. The molecule has 0 unspecified atom stereocenters. The van der Waals surface area contributed by atoms with Crippen molar-refractivity contribution in [3.63, 3.8) is 0 Å². The van der Waals surface area contributed by atoms with Crippen LogP contribution in [0.5, 0.6) is 11.5 Å². The molecule has 0 aliphatic carbocycles. The van der Waals surface area contributed by atoms with Crippen LogP contribution in [-0.2, 0) is 17.8 Å². The fraction of sp³-hybridized carbons (Fsp3) is 0.250. The topological polar surface area (TPSA) is 97.1 Å². The summed E-state index contributed by atoms with van der Waals surface area (Å²) in [4.78, 5) is 12.5. The number of benzene rings is 2. The molecule has 1 heterocycles. The Balaban J connectivity index is 1.72. The van der Waals surface area contributed by atoms with E-state index in [1.54, 1.807) is 36.4 Å². The van der Waals surface area contributed by atoms with Gasteiger partial charge >= 0.3 is 0 Å². The molecule has 1 aromatic heterocycles. The van der Waals surface area contributed by atoms with Crippen molar-refractivity contribution in [3.05, 3.63) is 70.0 Å². The number of amides is 1. The summed E-state index contributed by atoms with van der Waals surface area (Å²) in [5.41, 5.74) is 0.882. The second-order valence-electron chi connectivity index (χ2n) is 7.51. The van der Waals surface area contributed by atoms with Crippen molar-refractivity contribution in [2.24, 2.45) is 5.92 Å². The van der Waals surface area contributed by atoms with E-state index >= 15 is 0 Å². The van der Waals surface area contributed by atoms with Crippen LogP contribution in [0.15, 0.2) is 48.0 Å². The van der Waals surface area contributed by atoms with Gasteiger partial charge < -0.3 is 9.47 Å². The molecule has 7 nitrogen and oxygen atoms in total. The van der Waals surface area contributed by atoms with Gasteiger partial charge in [0.15, 0.2) is 11.5 Å². The SMILES string of the molecule is COc1cc(/C=C(/C#N)C(=O)Nc2nnc(CC(C)C)s2)ccc1OCc1ccccc1F. The summed E-state index contributed by atoms with van der Waals surface area (Å²) in [5, 5.41) is 21.3. The lowest BCUT2D eigenvalue weighted by molar-refractivity contribution is -0.112. The van der Waals surface area contributed by atoms with Gasteiger partial charge in [-0.1, -0.05) is 49.4 Å². The molecule has 0 fully saturated rings. The molecule has 0 spiro atoms. The Labute approximate surface area is 195 Å². The number of carbonyl (C=O) groups excluding carboxylic acids is 1. The predicted octanol–water partition coefficient (Wildman–Crippen LogP) is 5.01. The molecular weight excluding hydrogens is 443 g/mol. The van der Waals surface area contributed by atoms with E-state index < -0.39 is 5.91 Å². The van der Waals surface area contributed by atoms with Gasteiger partial charge in [0.25, 0.3) is 5.91 Å². The minimum Gasteiger partial charge on any atom is -0.493 e. The first-order valence-electron chi connectivity index (χ1n) is 10.2. The van der Waals surface area contributed by atoms with E-state index in [1.165, 1.54) is 30.6 Å². The second-order valence-corrected chi connectivity index (χ2v) is 8.58. The molecule has 170 valence electrons. The highest BCUT2D eigenvalue weighted by molar-refractivity contribution is 7.15. The molecule has 1 N–H and O–H groups in total. The molecule has 3 aromatic rings. The molecule has 0 aliphatic heterocycles. The number of rotatable bonds is 9. The van der Waals surface area contributed by atoms with Crippen molar-refractivity contribution in [2.75, 3.05) is 12.4 Å². The molecule has 0 bridgehead atoms. The van der Waals surface area contributed by atoms with Crippen molar-refractivity contribution >= 4 is 28.5 Å². The Morgan fingerprint density at radius 2 is 2.03 bits per heavy atom. The number of ether oxygens (including phenoxy) is 2. The number of nitriles is 1. The number of hydrogen-bond donors (Lipinski definition) is 1. The normalized spacial score (nSPS) is 11.2. The quantitative estimate of drug-likeness (QED) is 0.352. The Morgan fingerprint density at radius 1 is 1.24 bits per heavy atom. The Bertz CT molecular complexity index is 1200. The van der Waals surface area contributed by atoms with Gasteiger partial charge in [-0.25, -0.2) is 4.39 Å². The fourth-order valence-corrected chi connectivity index (χ4v) is 3.83. The van der Waals surface area contributed by atoms with E-state index in [4.69, 9.17) is 9.47 Å². The van der Waals surface area contributed by atoms with Crippen LogP contribution in [0.3, 0.4) is 0 Å². The zero-order valence-corrected chi connectivity index (χ0v) is 19.3. The number of anilines is 1. The van der Waals surface area contributed by atoms with Crippen LogP contribution < -0.4 is 14.8 Å². The highest BCUT2D eigenvalue weighted by atomic mass is 32.1. The number of aromatic nitrogens is 2. The maximum absolute atomic E-state index is 13.8. The zero-order chi connectivity index (χ0) is 23.8. The van der Waals surface area contributed by atoms with Gasteiger partial charge in [-0.2, -0.15) is 5.26 Å². The smallest absolute Gasteiger partial charge is 0.268 e. The molecular formula is C24H23FN4O3S. The van der Waals surface area contributed by atoms with Crippen molar-refractivity contribution in [1.29, 1.82) is 5.26 Å². The first-order valence-corrected chi connectivity index (χ1v) is 11.0. The first kappa shape index (κ1) is 23.9. The van der Waals surface area contributed by atoms with Gasteiger partial charge in [0.05, 0.1) is 7.11 Å². The average Bonchev–Trinajstić information content (AvgIpc) is 3.22. The Hall–Kier alpha value is -3.77. The Morgan fingerprint density at radius 3 is 2.73 bits per heavy atom. The monoisotopic (exact) mass is 466 g/mol. The predicted molar refractivity (Wildman–Crippen MR) is 124 cm³/mol. The van der Waals surface area contributed by atoms with Crippen LogP contribution in [-0.4, -0.2) is 23.2 Å². The van der Waals surface area contributed by atoms with Crippen LogP contribution >= 0.6 is 11.3 Å². The Kier molecular flexibility index (Phi) is 8.11. The van der Waals surface area contributed by atoms with E-state index in [0.29, 0.717) is 33.7 Å². The minimum atomic E-state index is -0.580. The standard InChI is InChI=1S/C24H23FN4O3S/c1-15(2)10-22-28-29-24(33-22)27-23(30)18(13-26)11-16-8-9-20(21(12-16)31-3)32-14-17-6-4-5-7-19(17)25/h4-9,11-12,15H,10,14H2,1-3H3,(H,27,29,30)/b18-11-. The number of nitrogens with zero attached hydrogens (tertiary/aromatic N) is 3. The zero-order valence-electron chi connectivity index (χ0n) is 18.5. The maximum atomic E-state index is 13.8. The third-order valence-electron chi connectivity index (χ3n) is 4.47. The van der Waals surface area contributed by atoms with Crippen LogP contribution in [0.4, 0.5) is 9.52 Å². The second kappa shape index (κ2) is 11.2. The van der Waals surface area contributed by atoms with Gasteiger partial charge in [0, 0.05) is 12.0 Å². The van der Waals surface area contributed by atoms with Crippen LogP contribution in [0.1, 0.15) is 30.0 Å². The number of nitrogens with one attached hydrogen (secondary N) is 1. The fourth-order valence-electron chi connectivity index (χ4n) is 2.88. The molecule has 3 rings (SSSR count). The summed E-state index contributed by atoms with van der Waals surface area (Å²) in [7, 11) is 1.47.